The minimum atomic E-state index is -0.550. The van der Waals surface area contributed by atoms with Gasteiger partial charge in [0, 0.05) is 50.2 Å². The monoisotopic (exact) mass is 893 g/mol. The second kappa shape index (κ2) is 16.0. The van der Waals surface area contributed by atoms with E-state index in [1.807, 2.05) is 12.1 Å². The normalized spacial score (nSPS) is 12.7. The van der Waals surface area contributed by atoms with Crippen LogP contribution in [0, 0.1) is 0 Å². The van der Waals surface area contributed by atoms with E-state index in [-0.39, 0.29) is 0 Å². The van der Waals surface area contributed by atoms with Crippen molar-refractivity contribution in [3.63, 3.8) is 0 Å². The van der Waals surface area contributed by atoms with E-state index in [0.29, 0.717) is 0 Å². The molecule has 70 heavy (non-hydrogen) atoms. The molecule has 14 rings (SSSR count). The lowest BCUT2D eigenvalue weighted by Gasteiger charge is -2.35. The highest BCUT2D eigenvalue weighted by Gasteiger charge is 2.46. The standard InChI is InChI=1S/C67H43NO2/c1-5-18-44(19-6-1)46-32-34-51(35-33-46)68(52-36-38-55-54-28-13-15-30-59(54)67(60(55)41-52,49-24-9-3-10-25-49)50-26-11-4-12-27-50)53-37-39-56-58-43-63-65(57-29-14-16-31-61(57)69-63)64(66(58)70-62(56)42-53)48-23-17-22-47(40-48)45-20-7-2-8-21-45/h1-43H. The van der Waals surface area contributed by atoms with Gasteiger partial charge >= 0.3 is 0 Å². The molecule has 0 atom stereocenters. The molecule has 0 radical (unpaired) electrons. The molecule has 0 bridgehead atoms. The van der Waals surface area contributed by atoms with E-state index in [0.717, 1.165) is 88.8 Å². The average Bonchev–Trinajstić information content (AvgIpc) is 4.09. The van der Waals surface area contributed by atoms with Crippen molar-refractivity contribution in [2.45, 2.75) is 5.41 Å². The molecule has 3 nitrogen and oxygen atoms in total. The Kier molecular flexibility index (Phi) is 9.11. The summed E-state index contributed by atoms with van der Waals surface area (Å²) in [5.41, 5.74) is 20.1. The molecule has 0 fully saturated rings. The number of benzene rings is 11. The van der Waals surface area contributed by atoms with E-state index < -0.39 is 5.41 Å². The summed E-state index contributed by atoms with van der Waals surface area (Å²) in [6, 6.07) is 94.1. The lowest BCUT2D eigenvalue weighted by atomic mass is 9.67. The van der Waals surface area contributed by atoms with Crippen LogP contribution in [0.5, 0.6) is 0 Å². The highest BCUT2D eigenvalue weighted by molar-refractivity contribution is 6.23. The summed E-state index contributed by atoms with van der Waals surface area (Å²) in [4.78, 5) is 2.38. The van der Waals surface area contributed by atoms with Gasteiger partial charge in [-0.05, 0) is 116 Å². The molecule has 1 aliphatic carbocycles. The SMILES string of the molecule is c1ccc(-c2ccc(N(c3ccc4c(c3)C(c3ccccc3)(c3ccccc3)c3ccccc3-4)c3ccc4c(c3)oc3c(-c5cccc(-c6ccccc6)c5)c5c(cc34)oc3ccccc35)cc2)cc1. The smallest absolute Gasteiger partial charge is 0.144 e. The van der Waals surface area contributed by atoms with Crippen molar-refractivity contribution >= 4 is 60.9 Å². The summed E-state index contributed by atoms with van der Waals surface area (Å²) in [5, 5.41) is 4.15. The number of para-hydroxylation sites is 1. The summed E-state index contributed by atoms with van der Waals surface area (Å²) < 4.78 is 13.9. The quantitative estimate of drug-likeness (QED) is 0.152. The number of hydrogen-bond acceptors (Lipinski definition) is 3. The van der Waals surface area contributed by atoms with Gasteiger partial charge in [0.15, 0.2) is 0 Å². The second-order valence-electron chi connectivity index (χ2n) is 18.3. The van der Waals surface area contributed by atoms with E-state index in [2.05, 4.69) is 254 Å². The first-order chi connectivity index (χ1) is 34.7. The molecule has 0 unspecified atom stereocenters. The Morgan fingerprint density at radius 2 is 0.857 bits per heavy atom. The van der Waals surface area contributed by atoms with Crippen molar-refractivity contribution in [3.05, 3.63) is 283 Å². The molecule has 11 aromatic carbocycles. The van der Waals surface area contributed by atoms with Crippen LogP contribution in [0.1, 0.15) is 22.3 Å². The van der Waals surface area contributed by atoms with Crippen molar-refractivity contribution in [3.8, 4) is 44.5 Å². The molecule has 0 saturated heterocycles. The topological polar surface area (TPSA) is 29.5 Å². The zero-order valence-corrected chi connectivity index (χ0v) is 38.1. The summed E-state index contributed by atoms with van der Waals surface area (Å²) in [5.74, 6) is 0. The van der Waals surface area contributed by atoms with Gasteiger partial charge in [0.2, 0.25) is 0 Å². The van der Waals surface area contributed by atoms with Crippen LogP contribution < -0.4 is 4.90 Å². The second-order valence-corrected chi connectivity index (χ2v) is 18.3. The van der Waals surface area contributed by atoms with Crippen molar-refractivity contribution in [1.82, 2.24) is 0 Å². The van der Waals surface area contributed by atoms with Gasteiger partial charge in [-0.25, -0.2) is 0 Å². The Morgan fingerprint density at radius 1 is 0.300 bits per heavy atom. The van der Waals surface area contributed by atoms with Crippen LogP contribution in [0.2, 0.25) is 0 Å². The van der Waals surface area contributed by atoms with Crippen LogP contribution in [0.4, 0.5) is 17.1 Å². The highest BCUT2D eigenvalue weighted by Crippen LogP contribution is 2.57. The van der Waals surface area contributed by atoms with Crippen LogP contribution in [0.15, 0.2) is 270 Å². The Labute approximate surface area is 405 Å². The number of fused-ring (bicyclic) bond motifs is 9. The molecule has 0 aliphatic heterocycles. The number of hydrogen-bond donors (Lipinski definition) is 0. The molecule has 2 heterocycles. The Balaban J connectivity index is 1.00. The summed E-state index contributed by atoms with van der Waals surface area (Å²) in [7, 11) is 0. The third-order valence-electron chi connectivity index (χ3n) is 14.5. The van der Waals surface area contributed by atoms with E-state index in [1.54, 1.807) is 0 Å². The number of rotatable bonds is 8. The average molecular weight is 894 g/mol. The molecule has 0 amide bonds. The molecular formula is C67H43NO2. The van der Waals surface area contributed by atoms with E-state index in [1.165, 1.54) is 38.9 Å². The maximum Gasteiger partial charge on any atom is 0.144 e. The lowest BCUT2D eigenvalue weighted by molar-refractivity contribution is 0.664. The minimum Gasteiger partial charge on any atom is -0.456 e. The van der Waals surface area contributed by atoms with Gasteiger partial charge in [0.1, 0.15) is 22.3 Å². The van der Waals surface area contributed by atoms with Gasteiger partial charge in [-0.3, -0.25) is 0 Å². The predicted octanol–water partition coefficient (Wildman–Crippen LogP) is 18.3. The first-order valence-electron chi connectivity index (χ1n) is 24.0. The van der Waals surface area contributed by atoms with Crippen molar-refractivity contribution in [2.24, 2.45) is 0 Å². The zero-order valence-electron chi connectivity index (χ0n) is 38.1. The number of furan rings is 2. The van der Waals surface area contributed by atoms with Crippen LogP contribution in [-0.4, -0.2) is 0 Å². The first-order valence-corrected chi connectivity index (χ1v) is 24.0. The lowest BCUT2D eigenvalue weighted by Crippen LogP contribution is -2.28. The molecule has 328 valence electrons. The minimum absolute atomic E-state index is 0.550. The molecule has 0 saturated carbocycles. The Bertz CT molecular complexity index is 4060. The van der Waals surface area contributed by atoms with E-state index >= 15 is 0 Å². The fourth-order valence-corrected chi connectivity index (χ4v) is 11.5. The zero-order chi connectivity index (χ0) is 46.2. The third-order valence-corrected chi connectivity index (χ3v) is 14.5. The summed E-state index contributed by atoms with van der Waals surface area (Å²) >= 11 is 0. The van der Waals surface area contributed by atoms with Gasteiger partial charge in [0.25, 0.3) is 0 Å². The summed E-state index contributed by atoms with van der Waals surface area (Å²) in [6.07, 6.45) is 0. The van der Waals surface area contributed by atoms with Gasteiger partial charge in [-0.1, -0.05) is 200 Å². The molecule has 13 aromatic rings. The van der Waals surface area contributed by atoms with Crippen LogP contribution in [0.3, 0.4) is 0 Å². The maximum atomic E-state index is 7.25. The molecule has 0 spiro atoms. The molecule has 3 heteroatoms. The van der Waals surface area contributed by atoms with Crippen molar-refractivity contribution in [2.75, 3.05) is 4.90 Å². The van der Waals surface area contributed by atoms with Crippen LogP contribution >= 0.6 is 0 Å². The van der Waals surface area contributed by atoms with Crippen molar-refractivity contribution < 1.29 is 8.83 Å². The fourth-order valence-electron chi connectivity index (χ4n) is 11.5. The molecular weight excluding hydrogens is 851 g/mol. The highest BCUT2D eigenvalue weighted by atomic mass is 16.3. The number of anilines is 3. The Hall–Kier alpha value is -9.18. The summed E-state index contributed by atoms with van der Waals surface area (Å²) in [6.45, 7) is 0. The first kappa shape index (κ1) is 39.9. The van der Waals surface area contributed by atoms with E-state index in [4.69, 9.17) is 8.83 Å². The Morgan fingerprint density at radius 3 is 1.60 bits per heavy atom. The molecule has 2 aromatic heterocycles. The number of nitrogens with zero attached hydrogens (tertiary/aromatic N) is 1. The van der Waals surface area contributed by atoms with Crippen LogP contribution in [-0.2, 0) is 5.41 Å². The van der Waals surface area contributed by atoms with Gasteiger partial charge in [-0.2, -0.15) is 0 Å². The van der Waals surface area contributed by atoms with Gasteiger partial charge < -0.3 is 13.7 Å². The van der Waals surface area contributed by atoms with Gasteiger partial charge in [0.05, 0.1) is 5.41 Å². The third kappa shape index (κ3) is 6.15. The van der Waals surface area contributed by atoms with Crippen LogP contribution in [0.25, 0.3) is 88.4 Å². The van der Waals surface area contributed by atoms with E-state index in [9.17, 15) is 0 Å². The predicted molar refractivity (Wildman–Crippen MR) is 289 cm³/mol. The molecule has 1 aliphatic rings. The van der Waals surface area contributed by atoms with Crippen molar-refractivity contribution in [1.29, 1.82) is 0 Å². The largest absolute Gasteiger partial charge is 0.456 e. The maximum absolute atomic E-state index is 7.25. The fraction of sp³-hybridized carbons (Fsp3) is 0.0149. The molecule has 0 N–H and O–H groups in total. The van der Waals surface area contributed by atoms with Gasteiger partial charge in [-0.15, -0.1) is 0 Å².